The Morgan fingerprint density at radius 3 is 2.47 bits per heavy atom. The van der Waals surface area contributed by atoms with Gasteiger partial charge in [0, 0.05) is 18.6 Å². The van der Waals surface area contributed by atoms with Crippen LogP contribution in [0.25, 0.3) is 0 Å². The minimum atomic E-state index is 0.807. The molecule has 0 amide bonds. The van der Waals surface area contributed by atoms with E-state index in [2.05, 4.69) is 24.1 Å². The molecule has 1 heterocycles. The average Bonchev–Trinajstić information content (AvgIpc) is 2.72. The highest BCUT2D eigenvalue weighted by Gasteiger charge is 2.29. The number of likely N-dealkylation sites (N-methyl/N-ethyl adjacent to an activating group) is 1. The summed E-state index contributed by atoms with van der Waals surface area (Å²) in [7, 11) is 0. The summed E-state index contributed by atoms with van der Waals surface area (Å²) in [5, 5.41) is 3.58. The van der Waals surface area contributed by atoms with Crippen LogP contribution >= 0.6 is 0 Å². The van der Waals surface area contributed by atoms with E-state index in [4.69, 9.17) is 0 Å². The third kappa shape index (κ3) is 2.73. The van der Waals surface area contributed by atoms with Crippen LogP contribution in [0.2, 0.25) is 0 Å². The van der Waals surface area contributed by atoms with E-state index < -0.39 is 0 Å². The van der Waals surface area contributed by atoms with E-state index in [0.29, 0.717) is 0 Å². The predicted molar refractivity (Wildman–Crippen MR) is 65.1 cm³/mol. The first kappa shape index (κ1) is 11.4. The van der Waals surface area contributed by atoms with Crippen LogP contribution < -0.4 is 5.32 Å². The highest BCUT2D eigenvalue weighted by Crippen LogP contribution is 2.27. The van der Waals surface area contributed by atoms with Crippen LogP contribution in [0.1, 0.15) is 46.0 Å². The first-order chi connectivity index (χ1) is 7.31. The zero-order valence-corrected chi connectivity index (χ0v) is 10.3. The monoisotopic (exact) mass is 210 g/mol. The quantitative estimate of drug-likeness (QED) is 0.768. The fourth-order valence-corrected chi connectivity index (χ4v) is 3.43. The van der Waals surface area contributed by atoms with Crippen molar-refractivity contribution in [1.82, 2.24) is 10.2 Å². The molecule has 15 heavy (non-hydrogen) atoms. The molecule has 0 aromatic rings. The molecule has 0 bridgehead atoms. The summed E-state index contributed by atoms with van der Waals surface area (Å²) in [6, 6.07) is 1.70. The van der Waals surface area contributed by atoms with Crippen molar-refractivity contribution in [1.29, 1.82) is 0 Å². The minimum absolute atomic E-state index is 0.807. The second-order valence-corrected chi connectivity index (χ2v) is 5.42. The summed E-state index contributed by atoms with van der Waals surface area (Å²) < 4.78 is 0. The van der Waals surface area contributed by atoms with E-state index in [1.807, 2.05) is 0 Å². The van der Waals surface area contributed by atoms with Crippen molar-refractivity contribution in [3.8, 4) is 0 Å². The van der Waals surface area contributed by atoms with Crippen molar-refractivity contribution in [2.24, 2.45) is 5.92 Å². The smallest absolute Gasteiger partial charge is 0.0226 e. The molecular formula is C13H26N2. The first-order valence-electron chi connectivity index (χ1n) is 6.77. The topological polar surface area (TPSA) is 15.3 Å². The van der Waals surface area contributed by atoms with Gasteiger partial charge in [-0.15, -0.1) is 0 Å². The Morgan fingerprint density at radius 2 is 1.87 bits per heavy atom. The third-order valence-electron chi connectivity index (χ3n) is 4.18. The lowest BCUT2D eigenvalue weighted by molar-refractivity contribution is 0.106. The van der Waals surface area contributed by atoms with Crippen LogP contribution in [0, 0.1) is 5.92 Å². The summed E-state index contributed by atoms with van der Waals surface area (Å²) in [6.07, 6.45) is 7.20. The molecule has 1 saturated heterocycles. The Bertz CT molecular complexity index is 187. The van der Waals surface area contributed by atoms with Crippen molar-refractivity contribution in [2.75, 3.05) is 19.6 Å². The molecule has 2 atom stereocenters. The van der Waals surface area contributed by atoms with Gasteiger partial charge in [0.25, 0.3) is 0 Å². The van der Waals surface area contributed by atoms with Gasteiger partial charge in [-0.25, -0.2) is 0 Å². The normalized spacial score (nSPS) is 33.8. The molecule has 1 N–H and O–H groups in total. The van der Waals surface area contributed by atoms with Crippen molar-refractivity contribution >= 4 is 0 Å². The van der Waals surface area contributed by atoms with E-state index in [1.54, 1.807) is 0 Å². The molecular weight excluding hydrogens is 184 g/mol. The van der Waals surface area contributed by atoms with Crippen LogP contribution in [0.5, 0.6) is 0 Å². The van der Waals surface area contributed by atoms with Crippen molar-refractivity contribution in [3.63, 3.8) is 0 Å². The highest BCUT2D eigenvalue weighted by molar-refractivity contribution is 4.87. The van der Waals surface area contributed by atoms with Crippen LogP contribution in [-0.2, 0) is 0 Å². The van der Waals surface area contributed by atoms with Gasteiger partial charge in [0.15, 0.2) is 0 Å². The molecule has 1 saturated carbocycles. The van der Waals surface area contributed by atoms with E-state index in [-0.39, 0.29) is 0 Å². The SMILES string of the molecule is CCN(C1CCCC1)C1CNCC(C)C1. The number of hydrogen-bond acceptors (Lipinski definition) is 2. The molecule has 2 aliphatic rings. The molecule has 2 rings (SSSR count). The summed E-state index contributed by atoms with van der Waals surface area (Å²) in [5.41, 5.74) is 0. The molecule has 2 nitrogen and oxygen atoms in total. The van der Waals surface area contributed by atoms with Gasteiger partial charge in [0.2, 0.25) is 0 Å². The Labute approximate surface area is 94.4 Å². The van der Waals surface area contributed by atoms with Gasteiger partial charge in [0.1, 0.15) is 0 Å². The van der Waals surface area contributed by atoms with E-state index in [1.165, 1.54) is 51.7 Å². The molecule has 0 spiro atoms. The molecule has 2 unspecified atom stereocenters. The van der Waals surface area contributed by atoms with Crippen LogP contribution in [0.4, 0.5) is 0 Å². The molecule has 2 fully saturated rings. The van der Waals surface area contributed by atoms with Crippen molar-refractivity contribution < 1.29 is 0 Å². The summed E-state index contributed by atoms with van der Waals surface area (Å²) in [6.45, 7) is 8.39. The molecule has 0 aromatic heterocycles. The predicted octanol–water partition coefficient (Wildman–Crippen LogP) is 2.25. The lowest BCUT2D eigenvalue weighted by atomic mass is 9.95. The van der Waals surface area contributed by atoms with Gasteiger partial charge in [-0.1, -0.05) is 26.7 Å². The van der Waals surface area contributed by atoms with Gasteiger partial charge in [-0.3, -0.25) is 4.90 Å². The third-order valence-corrected chi connectivity index (χ3v) is 4.18. The lowest BCUT2D eigenvalue weighted by Gasteiger charge is -2.40. The van der Waals surface area contributed by atoms with Gasteiger partial charge in [0.05, 0.1) is 0 Å². The largest absolute Gasteiger partial charge is 0.315 e. The summed E-state index contributed by atoms with van der Waals surface area (Å²) in [5.74, 6) is 0.860. The Balaban J connectivity index is 1.92. The Hall–Kier alpha value is -0.0800. The fraction of sp³-hybridized carbons (Fsp3) is 1.00. The second kappa shape index (κ2) is 5.31. The van der Waals surface area contributed by atoms with Crippen LogP contribution in [0.3, 0.4) is 0 Å². The Kier molecular flexibility index (Phi) is 4.04. The number of hydrogen-bond donors (Lipinski definition) is 1. The molecule has 1 aliphatic carbocycles. The number of rotatable bonds is 3. The second-order valence-electron chi connectivity index (χ2n) is 5.42. The molecule has 1 aliphatic heterocycles. The van der Waals surface area contributed by atoms with Crippen LogP contribution in [0.15, 0.2) is 0 Å². The molecule has 0 aromatic carbocycles. The minimum Gasteiger partial charge on any atom is -0.315 e. The first-order valence-corrected chi connectivity index (χ1v) is 6.77. The lowest BCUT2D eigenvalue weighted by Crippen LogP contribution is -2.51. The molecule has 88 valence electrons. The van der Waals surface area contributed by atoms with E-state index >= 15 is 0 Å². The standard InChI is InChI=1S/C13H26N2/c1-3-15(12-6-4-5-7-12)13-8-11(2)9-14-10-13/h11-14H,3-10H2,1-2H3. The molecule has 2 heteroatoms. The maximum atomic E-state index is 3.58. The zero-order chi connectivity index (χ0) is 10.7. The highest BCUT2D eigenvalue weighted by atomic mass is 15.2. The van der Waals surface area contributed by atoms with Gasteiger partial charge in [-0.2, -0.15) is 0 Å². The van der Waals surface area contributed by atoms with E-state index in [0.717, 1.165) is 18.0 Å². The number of piperidine rings is 1. The fourth-order valence-electron chi connectivity index (χ4n) is 3.43. The average molecular weight is 210 g/mol. The summed E-state index contributed by atoms with van der Waals surface area (Å²) in [4.78, 5) is 2.77. The molecule has 0 radical (unpaired) electrons. The van der Waals surface area contributed by atoms with Gasteiger partial charge in [-0.05, 0) is 38.3 Å². The number of nitrogens with zero attached hydrogens (tertiary/aromatic N) is 1. The Morgan fingerprint density at radius 1 is 1.13 bits per heavy atom. The summed E-state index contributed by atoms with van der Waals surface area (Å²) >= 11 is 0. The van der Waals surface area contributed by atoms with Gasteiger partial charge < -0.3 is 5.32 Å². The van der Waals surface area contributed by atoms with Gasteiger partial charge >= 0.3 is 0 Å². The van der Waals surface area contributed by atoms with Crippen molar-refractivity contribution in [3.05, 3.63) is 0 Å². The van der Waals surface area contributed by atoms with Crippen LogP contribution in [-0.4, -0.2) is 36.6 Å². The maximum Gasteiger partial charge on any atom is 0.0226 e. The maximum absolute atomic E-state index is 3.58. The number of nitrogens with one attached hydrogen (secondary N) is 1. The zero-order valence-electron chi connectivity index (χ0n) is 10.3. The van der Waals surface area contributed by atoms with E-state index in [9.17, 15) is 0 Å². The van der Waals surface area contributed by atoms with Crippen molar-refractivity contribution in [2.45, 2.75) is 58.0 Å².